The molecule has 0 unspecified atom stereocenters. The molecule has 1 aliphatic rings. The lowest BCUT2D eigenvalue weighted by atomic mass is 9.73. The molecule has 7 heteroatoms. The van der Waals surface area contributed by atoms with Crippen molar-refractivity contribution in [2.75, 3.05) is 0 Å². The molecule has 0 saturated heterocycles. The monoisotopic (exact) mass is 357 g/mol. The maximum absolute atomic E-state index is 14.0. The van der Waals surface area contributed by atoms with Gasteiger partial charge < -0.3 is 5.73 Å². The van der Waals surface area contributed by atoms with Gasteiger partial charge in [0.1, 0.15) is 11.6 Å². The Kier molecular flexibility index (Phi) is 4.12. The maximum Gasteiger partial charge on any atom is 0.391 e. The van der Waals surface area contributed by atoms with Gasteiger partial charge >= 0.3 is 6.18 Å². The third-order valence-electron chi connectivity index (χ3n) is 3.88. The van der Waals surface area contributed by atoms with Gasteiger partial charge in [-0.1, -0.05) is 0 Å². The highest BCUT2D eigenvalue weighted by Crippen LogP contribution is 2.45. The van der Waals surface area contributed by atoms with Gasteiger partial charge in [0, 0.05) is 11.1 Å². The molecule has 0 aromatic heterocycles. The summed E-state index contributed by atoms with van der Waals surface area (Å²) in [6.45, 7) is 0. The minimum absolute atomic E-state index is 0.0525. The number of alkyl halides is 3. The average molecular weight is 358 g/mol. The predicted octanol–water partition coefficient (Wildman–Crippen LogP) is 4.63. The van der Waals surface area contributed by atoms with E-state index in [9.17, 15) is 22.0 Å². The Bertz CT molecular complexity index is 506. The summed E-state index contributed by atoms with van der Waals surface area (Å²) in [6, 6.07) is 2.27. The summed E-state index contributed by atoms with van der Waals surface area (Å²) in [6.07, 6.45) is -4.91. The second-order valence-corrected chi connectivity index (χ2v) is 6.04. The zero-order chi connectivity index (χ0) is 15.1. The topological polar surface area (TPSA) is 26.0 Å². The van der Waals surface area contributed by atoms with Crippen LogP contribution in [0.25, 0.3) is 0 Å². The van der Waals surface area contributed by atoms with Crippen molar-refractivity contribution < 1.29 is 22.0 Å². The van der Waals surface area contributed by atoms with Crippen molar-refractivity contribution in [3.05, 3.63) is 33.8 Å². The van der Waals surface area contributed by atoms with Crippen LogP contribution in [0.2, 0.25) is 0 Å². The fraction of sp³-hybridized carbons (Fsp3) is 0.538. The largest absolute Gasteiger partial charge is 0.391 e. The summed E-state index contributed by atoms with van der Waals surface area (Å²) < 4.78 is 65.8. The van der Waals surface area contributed by atoms with Crippen LogP contribution in [0.4, 0.5) is 22.0 Å². The molecule has 0 bridgehead atoms. The van der Waals surface area contributed by atoms with E-state index in [1.165, 1.54) is 6.07 Å². The van der Waals surface area contributed by atoms with E-state index >= 15 is 0 Å². The highest BCUT2D eigenvalue weighted by Gasteiger charge is 2.46. The van der Waals surface area contributed by atoms with Crippen molar-refractivity contribution in [2.45, 2.75) is 37.4 Å². The summed E-state index contributed by atoms with van der Waals surface area (Å²) in [5.41, 5.74) is 4.27. The van der Waals surface area contributed by atoms with Crippen LogP contribution in [0.15, 0.2) is 16.6 Å². The number of halogens is 6. The first-order valence-corrected chi connectivity index (χ1v) is 6.94. The van der Waals surface area contributed by atoms with Crippen LogP contribution in [0.3, 0.4) is 0 Å². The van der Waals surface area contributed by atoms with Crippen molar-refractivity contribution in [2.24, 2.45) is 11.7 Å². The molecule has 1 aromatic carbocycles. The standard InChI is InChI=1S/C13H13BrF5N/c14-8-1-2-9(15)10(11(8)16)12(20)5-3-7(4-6-12)13(17,18)19/h1-2,7H,3-6,20H2. The molecule has 0 atom stereocenters. The second kappa shape index (κ2) is 5.26. The maximum atomic E-state index is 14.0. The predicted molar refractivity (Wildman–Crippen MR) is 67.9 cm³/mol. The minimum atomic E-state index is -4.28. The third kappa shape index (κ3) is 2.83. The summed E-state index contributed by atoms with van der Waals surface area (Å²) in [5, 5.41) is 0. The lowest BCUT2D eigenvalue weighted by molar-refractivity contribution is -0.184. The summed E-state index contributed by atoms with van der Waals surface area (Å²) in [4.78, 5) is 0. The Morgan fingerprint density at radius 1 is 1.15 bits per heavy atom. The molecule has 0 heterocycles. The molecule has 0 amide bonds. The molecular formula is C13H13BrF5N. The van der Waals surface area contributed by atoms with Crippen molar-refractivity contribution in [3.63, 3.8) is 0 Å². The Balaban J connectivity index is 2.29. The molecule has 1 aliphatic carbocycles. The van der Waals surface area contributed by atoms with E-state index in [4.69, 9.17) is 5.73 Å². The zero-order valence-electron chi connectivity index (χ0n) is 10.4. The fourth-order valence-corrected chi connectivity index (χ4v) is 3.02. The van der Waals surface area contributed by atoms with Gasteiger partial charge in [-0.05, 0) is 53.7 Å². The van der Waals surface area contributed by atoms with E-state index < -0.39 is 29.3 Å². The number of hydrogen-bond acceptors (Lipinski definition) is 1. The smallest absolute Gasteiger partial charge is 0.321 e. The van der Waals surface area contributed by atoms with Crippen molar-refractivity contribution in [1.29, 1.82) is 0 Å². The van der Waals surface area contributed by atoms with E-state index in [1.807, 2.05) is 0 Å². The molecule has 1 aromatic rings. The Hall–Kier alpha value is -0.690. The molecule has 20 heavy (non-hydrogen) atoms. The number of rotatable bonds is 1. The Morgan fingerprint density at radius 3 is 2.20 bits per heavy atom. The summed E-state index contributed by atoms with van der Waals surface area (Å²) >= 11 is 2.94. The highest BCUT2D eigenvalue weighted by molar-refractivity contribution is 9.10. The fourth-order valence-electron chi connectivity index (χ4n) is 2.69. The van der Waals surface area contributed by atoms with Gasteiger partial charge in [-0.25, -0.2) is 8.78 Å². The molecule has 0 spiro atoms. The highest BCUT2D eigenvalue weighted by atomic mass is 79.9. The summed E-state index contributed by atoms with van der Waals surface area (Å²) in [7, 11) is 0. The van der Waals surface area contributed by atoms with Crippen LogP contribution in [0.1, 0.15) is 31.2 Å². The van der Waals surface area contributed by atoms with E-state index in [1.54, 1.807) is 0 Å². The van der Waals surface area contributed by atoms with Gasteiger partial charge in [0.05, 0.1) is 10.4 Å². The molecule has 1 saturated carbocycles. The van der Waals surface area contributed by atoms with Gasteiger partial charge in [0.15, 0.2) is 0 Å². The Morgan fingerprint density at radius 2 is 1.70 bits per heavy atom. The van der Waals surface area contributed by atoms with Crippen molar-refractivity contribution >= 4 is 15.9 Å². The lowest BCUT2D eigenvalue weighted by Crippen LogP contribution is -2.44. The quantitative estimate of drug-likeness (QED) is 0.575. The normalized spacial score (nSPS) is 27.6. The van der Waals surface area contributed by atoms with Crippen LogP contribution in [0.5, 0.6) is 0 Å². The van der Waals surface area contributed by atoms with Crippen LogP contribution in [-0.4, -0.2) is 6.18 Å². The third-order valence-corrected chi connectivity index (χ3v) is 4.50. The molecule has 0 radical (unpaired) electrons. The first kappa shape index (κ1) is 15.7. The molecular weight excluding hydrogens is 345 g/mol. The average Bonchev–Trinajstić information content (AvgIpc) is 2.33. The zero-order valence-corrected chi connectivity index (χ0v) is 12.0. The molecule has 0 aliphatic heterocycles. The van der Waals surface area contributed by atoms with Crippen molar-refractivity contribution in [3.8, 4) is 0 Å². The molecule has 2 rings (SSSR count). The summed E-state index contributed by atoms with van der Waals surface area (Å²) in [5.74, 6) is -3.10. The molecule has 1 nitrogen and oxygen atoms in total. The first-order chi connectivity index (χ1) is 9.15. The molecule has 2 N–H and O–H groups in total. The van der Waals surface area contributed by atoms with Gasteiger partial charge in [0.2, 0.25) is 0 Å². The van der Waals surface area contributed by atoms with Gasteiger partial charge in [-0.2, -0.15) is 13.2 Å². The van der Waals surface area contributed by atoms with Crippen LogP contribution < -0.4 is 5.73 Å². The molecule has 112 valence electrons. The van der Waals surface area contributed by atoms with Crippen LogP contribution in [0, 0.1) is 17.6 Å². The van der Waals surface area contributed by atoms with Gasteiger partial charge in [-0.15, -0.1) is 0 Å². The Labute approximate surface area is 121 Å². The van der Waals surface area contributed by atoms with Gasteiger partial charge in [-0.3, -0.25) is 0 Å². The lowest BCUT2D eigenvalue weighted by Gasteiger charge is -2.38. The van der Waals surface area contributed by atoms with Crippen LogP contribution in [-0.2, 0) is 5.54 Å². The van der Waals surface area contributed by atoms with E-state index in [0.29, 0.717) is 0 Å². The minimum Gasteiger partial charge on any atom is -0.321 e. The number of nitrogens with two attached hydrogens (primary N) is 1. The van der Waals surface area contributed by atoms with E-state index in [2.05, 4.69) is 15.9 Å². The first-order valence-electron chi connectivity index (χ1n) is 6.15. The van der Waals surface area contributed by atoms with E-state index in [-0.39, 0.29) is 35.7 Å². The van der Waals surface area contributed by atoms with E-state index in [0.717, 1.165) is 6.07 Å². The van der Waals surface area contributed by atoms with Gasteiger partial charge in [0.25, 0.3) is 0 Å². The SMILES string of the molecule is NC1(c2c(F)ccc(Br)c2F)CCC(C(F)(F)F)CC1. The molecule has 1 fully saturated rings. The van der Waals surface area contributed by atoms with Crippen molar-refractivity contribution in [1.82, 2.24) is 0 Å². The number of benzene rings is 1. The number of hydrogen-bond donors (Lipinski definition) is 1. The van der Waals surface area contributed by atoms with Crippen LogP contribution >= 0.6 is 15.9 Å². The second-order valence-electron chi connectivity index (χ2n) is 5.19.